The molecular weight excluding hydrogens is 288 g/mol. The Morgan fingerprint density at radius 1 is 1.33 bits per heavy atom. The number of aromatic nitrogens is 2. The molecule has 5 nitrogen and oxygen atoms in total. The van der Waals surface area contributed by atoms with Gasteiger partial charge in [0.1, 0.15) is 0 Å². The standard InChI is InChI=1S/C15H18N2O3S/c1-7-6-12(18)17(9(3)13(7)15(19)20)10(4)14-8(2)16-11(5)21-14/h6,10H,1-5H3,(H,19,20). The van der Waals surface area contributed by atoms with E-state index in [0.29, 0.717) is 11.3 Å². The molecule has 0 saturated heterocycles. The monoisotopic (exact) mass is 306 g/mol. The van der Waals surface area contributed by atoms with Crippen LogP contribution in [0, 0.1) is 27.7 Å². The van der Waals surface area contributed by atoms with Crippen LogP contribution in [-0.4, -0.2) is 20.6 Å². The molecule has 0 saturated carbocycles. The van der Waals surface area contributed by atoms with Crippen molar-refractivity contribution >= 4 is 17.3 Å². The van der Waals surface area contributed by atoms with Crippen molar-refractivity contribution in [2.24, 2.45) is 0 Å². The number of aromatic carboxylic acids is 1. The molecule has 1 unspecified atom stereocenters. The third kappa shape index (κ3) is 2.63. The quantitative estimate of drug-likeness (QED) is 0.946. The first-order chi connectivity index (χ1) is 9.73. The lowest BCUT2D eigenvalue weighted by Gasteiger charge is -2.20. The molecule has 0 aromatic carbocycles. The summed E-state index contributed by atoms with van der Waals surface area (Å²) in [4.78, 5) is 29.1. The maximum absolute atomic E-state index is 12.3. The van der Waals surface area contributed by atoms with Gasteiger partial charge < -0.3 is 9.67 Å². The second kappa shape index (κ2) is 5.44. The zero-order chi connectivity index (χ0) is 15.9. The van der Waals surface area contributed by atoms with Gasteiger partial charge in [0.15, 0.2) is 0 Å². The lowest BCUT2D eigenvalue weighted by Crippen LogP contribution is -2.28. The maximum Gasteiger partial charge on any atom is 0.337 e. The van der Waals surface area contributed by atoms with E-state index in [1.165, 1.54) is 22.0 Å². The molecule has 2 rings (SSSR count). The van der Waals surface area contributed by atoms with Crippen molar-refractivity contribution in [1.82, 2.24) is 9.55 Å². The summed E-state index contributed by atoms with van der Waals surface area (Å²) in [6, 6.07) is 1.15. The van der Waals surface area contributed by atoms with Crippen LogP contribution in [0.25, 0.3) is 0 Å². The summed E-state index contributed by atoms with van der Waals surface area (Å²) in [6.45, 7) is 9.05. The summed E-state index contributed by atoms with van der Waals surface area (Å²) in [5.41, 5.74) is 1.86. The fourth-order valence-electron chi connectivity index (χ4n) is 2.75. The largest absolute Gasteiger partial charge is 0.478 e. The number of pyridine rings is 1. The molecule has 6 heteroatoms. The van der Waals surface area contributed by atoms with Crippen LogP contribution >= 0.6 is 11.3 Å². The van der Waals surface area contributed by atoms with Gasteiger partial charge in [0, 0.05) is 11.8 Å². The van der Waals surface area contributed by atoms with Crippen molar-refractivity contribution in [1.29, 1.82) is 0 Å². The van der Waals surface area contributed by atoms with E-state index in [1.807, 2.05) is 20.8 Å². The predicted octanol–water partition coefficient (Wildman–Crippen LogP) is 2.85. The smallest absolute Gasteiger partial charge is 0.337 e. The van der Waals surface area contributed by atoms with Crippen molar-refractivity contribution in [3.8, 4) is 0 Å². The van der Waals surface area contributed by atoms with Gasteiger partial charge in [-0.2, -0.15) is 0 Å². The van der Waals surface area contributed by atoms with Crippen LogP contribution in [0.15, 0.2) is 10.9 Å². The molecule has 0 radical (unpaired) electrons. The number of carboxylic acid groups (broad SMARTS) is 1. The Morgan fingerprint density at radius 3 is 2.43 bits per heavy atom. The lowest BCUT2D eigenvalue weighted by molar-refractivity contribution is 0.0694. The molecule has 0 amide bonds. The van der Waals surface area contributed by atoms with E-state index in [1.54, 1.807) is 13.8 Å². The van der Waals surface area contributed by atoms with Gasteiger partial charge in [0.05, 0.1) is 27.2 Å². The molecule has 2 aromatic rings. The highest BCUT2D eigenvalue weighted by atomic mass is 32.1. The lowest BCUT2D eigenvalue weighted by atomic mass is 10.1. The summed E-state index contributed by atoms with van der Waals surface area (Å²) < 4.78 is 1.54. The van der Waals surface area contributed by atoms with Crippen LogP contribution in [-0.2, 0) is 0 Å². The highest BCUT2D eigenvalue weighted by molar-refractivity contribution is 7.11. The van der Waals surface area contributed by atoms with Gasteiger partial charge in [-0.15, -0.1) is 11.3 Å². The van der Waals surface area contributed by atoms with Gasteiger partial charge in [-0.1, -0.05) is 0 Å². The average molecular weight is 306 g/mol. The molecule has 21 heavy (non-hydrogen) atoms. The zero-order valence-electron chi connectivity index (χ0n) is 12.7. The van der Waals surface area contributed by atoms with Crippen LogP contribution in [0.1, 0.15) is 50.2 Å². The van der Waals surface area contributed by atoms with Gasteiger partial charge >= 0.3 is 5.97 Å². The van der Waals surface area contributed by atoms with Crippen LogP contribution in [0.4, 0.5) is 0 Å². The molecule has 0 fully saturated rings. The van der Waals surface area contributed by atoms with Crippen molar-refractivity contribution in [2.45, 2.75) is 40.7 Å². The average Bonchev–Trinajstić information content (AvgIpc) is 2.66. The predicted molar refractivity (Wildman–Crippen MR) is 82.5 cm³/mol. The molecule has 112 valence electrons. The number of hydrogen-bond donors (Lipinski definition) is 1. The topological polar surface area (TPSA) is 72.2 Å². The number of nitrogens with zero attached hydrogens (tertiary/aromatic N) is 2. The second-order valence-corrected chi connectivity index (χ2v) is 6.39. The van der Waals surface area contributed by atoms with Crippen LogP contribution in [0.3, 0.4) is 0 Å². The Hall–Kier alpha value is -1.95. The molecule has 0 bridgehead atoms. The number of aryl methyl sites for hydroxylation is 3. The number of hydrogen-bond acceptors (Lipinski definition) is 4. The summed E-state index contributed by atoms with van der Waals surface area (Å²) in [5, 5.41) is 10.3. The highest BCUT2D eigenvalue weighted by Gasteiger charge is 2.22. The van der Waals surface area contributed by atoms with E-state index in [2.05, 4.69) is 4.98 Å². The Kier molecular flexibility index (Phi) is 4.00. The minimum absolute atomic E-state index is 0.187. The normalized spacial score (nSPS) is 12.4. The second-order valence-electron chi connectivity index (χ2n) is 5.16. The first-order valence-electron chi connectivity index (χ1n) is 6.64. The molecule has 0 aliphatic carbocycles. The van der Waals surface area contributed by atoms with Crippen LogP contribution in [0.5, 0.6) is 0 Å². The summed E-state index contributed by atoms with van der Waals surface area (Å²) >= 11 is 1.53. The first-order valence-corrected chi connectivity index (χ1v) is 7.45. The third-order valence-electron chi connectivity index (χ3n) is 3.61. The van der Waals surface area contributed by atoms with Crippen LogP contribution < -0.4 is 5.56 Å². The van der Waals surface area contributed by atoms with Gasteiger partial charge in [-0.3, -0.25) is 4.79 Å². The zero-order valence-corrected chi connectivity index (χ0v) is 13.5. The fraction of sp³-hybridized carbons (Fsp3) is 0.400. The highest BCUT2D eigenvalue weighted by Crippen LogP contribution is 2.28. The van der Waals surface area contributed by atoms with Crippen molar-refractivity contribution in [2.75, 3.05) is 0 Å². The summed E-state index contributed by atoms with van der Waals surface area (Å²) in [6.07, 6.45) is 0. The van der Waals surface area contributed by atoms with Gasteiger partial charge in [0.2, 0.25) is 0 Å². The van der Waals surface area contributed by atoms with Crippen molar-refractivity contribution < 1.29 is 9.90 Å². The van der Waals surface area contributed by atoms with Gasteiger partial charge in [-0.05, 0) is 40.2 Å². The molecule has 1 N–H and O–H groups in total. The molecule has 0 aliphatic rings. The fourth-order valence-corrected chi connectivity index (χ4v) is 3.72. The minimum atomic E-state index is -1.01. The van der Waals surface area contributed by atoms with E-state index in [4.69, 9.17) is 0 Å². The van der Waals surface area contributed by atoms with E-state index in [-0.39, 0.29) is 17.2 Å². The first kappa shape index (κ1) is 15.4. The summed E-state index contributed by atoms with van der Waals surface area (Å²) in [5.74, 6) is -1.01. The Morgan fingerprint density at radius 2 is 1.95 bits per heavy atom. The SMILES string of the molecule is Cc1nc(C)c(C(C)n2c(C)c(C(=O)O)c(C)cc2=O)s1. The third-order valence-corrected chi connectivity index (χ3v) is 4.86. The molecule has 1 atom stereocenters. The van der Waals surface area contributed by atoms with E-state index in [9.17, 15) is 14.7 Å². The Balaban J connectivity index is 2.69. The number of rotatable bonds is 3. The molecular formula is C15H18N2O3S. The molecule has 2 aromatic heterocycles. The minimum Gasteiger partial charge on any atom is -0.478 e. The van der Waals surface area contributed by atoms with E-state index < -0.39 is 5.97 Å². The van der Waals surface area contributed by atoms with Gasteiger partial charge in [-0.25, -0.2) is 9.78 Å². The van der Waals surface area contributed by atoms with E-state index >= 15 is 0 Å². The van der Waals surface area contributed by atoms with Crippen LogP contribution in [0.2, 0.25) is 0 Å². The molecule has 0 spiro atoms. The molecule has 2 heterocycles. The van der Waals surface area contributed by atoms with E-state index in [0.717, 1.165) is 15.6 Å². The maximum atomic E-state index is 12.3. The Bertz CT molecular complexity index is 774. The van der Waals surface area contributed by atoms with Gasteiger partial charge in [0.25, 0.3) is 5.56 Å². The number of carboxylic acids is 1. The van der Waals surface area contributed by atoms with Crippen molar-refractivity contribution in [3.63, 3.8) is 0 Å². The molecule has 0 aliphatic heterocycles. The summed E-state index contributed by atoms with van der Waals surface area (Å²) in [7, 11) is 0. The number of carbonyl (C=O) groups is 1. The van der Waals surface area contributed by atoms with Crippen molar-refractivity contribution in [3.05, 3.63) is 48.8 Å². The number of thiazole rings is 1. The Labute approximate surface area is 126 Å².